The Labute approximate surface area is 88.4 Å². The molecule has 0 radical (unpaired) electrons. The second-order valence-corrected chi connectivity index (χ2v) is 2.86. The first-order chi connectivity index (χ1) is 7.04. The van der Waals surface area contributed by atoms with Gasteiger partial charge in [-0.25, -0.2) is 0 Å². The Balaban J connectivity index is 4.84. The van der Waals surface area contributed by atoms with Gasteiger partial charge in [0.15, 0.2) is 0 Å². The zero-order valence-electron chi connectivity index (χ0n) is 8.50. The summed E-state index contributed by atoms with van der Waals surface area (Å²) in [5.74, 6) is -1.25. The molecule has 0 rings (SSSR count). The number of aliphatic carboxylic acids is 1. The van der Waals surface area contributed by atoms with Gasteiger partial charge in [-0.05, 0) is 24.8 Å². The van der Waals surface area contributed by atoms with Crippen LogP contribution in [0.1, 0.15) is 6.92 Å². The summed E-state index contributed by atoms with van der Waals surface area (Å²) in [5, 5.41) is 18.2. The van der Waals surface area contributed by atoms with E-state index in [1.54, 1.807) is 19.1 Å². The molecular weight excluding hydrogens is 196 g/mol. The van der Waals surface area contributed by atoms with E-state index in [0.717, 1.165) is 0 Å². The zero-order valence-corrected chi connectivity index (χ0v) is 8.50. The van der Waals surface area contributed by atoms with Crippen molar-refractivity contribution in [3.63, 3.8) is 0 Å². The van der Waals surface area contributed by atoms with Gasteiger partial charge in [-0.2, -0.15) is 0 Å². The molecule has 0 aliphatic rings. The molecule has 0 bridgehead atoms. The van der Waals surface area contributed by atoms with Crippen molar-refractivity contribution < 1.29 is 15.0 Å². The first-order valence-corrected chi connectivity index (χ1v) is 4.42. The fraction of sp³-hybridized carbons (Fsp3) is 0.300. The number of allylic oxidation sites excluding steroid dienone is 3. The van der Waals surface area contributed by atoms with Crippen molar-refractivity contribution in [2.45, 2.75) is 19.1 Å². The van der Waals surface area contributed by atoms with Crippen LogP contribution in [0.3, 0.4) is 0 Å². The van der Waals surface area contributed by atoms with E-state index in [-0.39, 0.29) is 0 Å². The average Bonchev–Trinajstić information content (AvgIpc) is 2.22. The second-order valence-electron chi connectivity index (χ2n) is 2.86. The summed E-state index contributed by atoms with van der Waals surface area (Å²) < 4.78 is 0. The maximum atomic E-state index is 10.5. The third kappa shape index (κ3) is 4.44. The van der Waals surface area contributed by atoms with Crippen LogP contribution in [-0.2, 0) is 4.79 Å². The molecule has 5 nitrogen and oxygen atoms in total. The average molecular weight is 212 g/mol. The van der Waals surface area contributed by atoms with E-state index in [2.05, 4.69) is 0 Å². The standard InChI is InChI=1S/C10H16N2O3/c1-2-4-7(5-3-6-11)9(13)8(12)10(14)15/h2-6,8-9,13H,11-12H2,1H3,(H,14,15)/b4-2-,6-3+,7-5+/t8-,9+/m0/s1. The van der Waals surface area contributed by atoms with Crippen LogP contribution in [0.2, 0.25) is 0 Å². The van der Waals surface area contributed by atoms with Gasteiger partial charge in [-0.1, -0.05) is 18.2 Å². The van der Waals surface area contributed by atoms with Crippen molar-refractivity contribution in [1.29, 1.82) is 0 Å². The smallest absolute Gasteiger partial charge is 0.323 e. The molecule has 0 aromatic rings. The Morgan fingerprint density at radius 2 is 2.07 bits per heavy atom. The second kappa shape index (κ2) is 6.80. The molecule has 0 saturated carbocycles. The highest BCUT2D eigenvalue weighted by atomic mass is 16.4. The Kier molecular flexibility index (Phi) is 6.08. The molecular formula is C10H16N2O3. The van der Waals surface area contributed by atoms with Crippen molar-refractivity contribution in [3.05, 3.63) is 36.1 Å². The lowest BCUT2D eigenvalue weighted by Crippen LogP contribution is -2.42. The van der Waals surface area contributed by atoms with Crippen LogP contribution in [0.4, 0.5) is 0 Å². The summed E-state index contributed by atoms with van der Waals surface area (Å²) in [5.41, 5.74) is 10.8. The van der Waals surface area contributed by atoms with Crippen LogP contribution >= 0.6 is 0 Å². The molecule has 0 aromatic heterocycles. The Morgan fingerprint density at radius 3 is 2.47 bits per heavy atom. The molecule has 0 saturated heterocycles. The highest BCUT2D eigenvalue weighted by Crippen LogP contribution is 2.08. The highest BCUT2D eigenvalue weighted by Gasteiger charge is 2.23. The normalized spacial score (nSPS) is 17.1. The monoisotopic (exact) mass is 212 g/mol. The molecule has 0 aromatic carbocycles. The lowest BCUT2D eigenvalue weighted by Gasteiger charge is -2.15. The van der Waals surface area contributed by atoms with Crippen molar-refractivity contribution in [1.82, 2.24) is 0 Å². The Hall–Kier alpha value is -1.59. The molecule has 84 valence electrons. The number of rotatable bonds is 5. The van der Waals surface area contributed by atoms with Gasteiger partial charge in [0.2, 0.25) is 0 Å². The van der Waals surface area contributed by atoms with E-state index in [1.807, 2.05) is 0 Å². The summed E-state index contributed by atoms with van der Waals surface area (Å²) in [7, 11) is 0. The summed E-state index contributed by atoms with van der Waals surface area (Å²) in [6.07, 6.45) is 6.28. The molecule has 5 heteroatoms. The number of nitrogens with two attached hydrogens (primary N) is 2. The van der Waals surface area contributed by atoms with Crippen molar-refractivity contribution in [2.24, 2.45) is 11.5 Å². The number of aliphatic hydroxyl groups excluding tert-OH is 1. The Bertz CT molecular complexity index is 295. The maximum absolute atomic E-state index is 10.5. The minimum atomic E-state index is -1.35. The molecule has 0 spiro atoms. The number of carboxylic acid groups (broad SMARTS) is 1. The number of hydrogen-bond acceptors (Lipinski definition) is 4. The number of carbonyl (C=O) groups is 1. The number of aliphatic hydroxyl groups is 1. The molecule has 0 aliphatic carbocycles. The maximum Gasteiger partial charge on any atom is 0.323 e. The van der Waals surface area contributed by atoms with E-state index in [4.69, 9.17) is 16.6 Å². The van der Waals surface area contributed by atoms with Crippen molar-refractivity contribution in [2.75, 3.05) is 0 Å². The van der Waals surface area contributed by atoms with Gasteiger partial charge < -0.3 is 21.7 Å². The van der Waals surface area contributed by atoms with Gasteiger partial charge in [0.05, 0.1) is 0 Å². The first kappa shape index (κ1) is 13.4. The minimum Gasteiger partial charge on any atom is -0.480 e. The van der Waals surface area contributed by atoms with Crippen LogP contribution in [0.15, 0.2) is 36.1 Å². The van der Waals surface area contributed by atoms with Crippen molar-refractivity contribution >= 4 is 5.97 Å². The zero-order chi connectivity index (χ0) is 11.8. The number of carboxylic acids is 1. The fourth-order valence-electron chi connectivity index (χ4n) is 0.954. The van der Waals surface area contributed by atoms with Crippen molar-refractivity contribution in [3.8, 4) is 0 Å². The molecule has 0 amide bonds. The van der Waals surface area contributed by atoms with Crippen LogP contribution in [0.25, 0.3) is 0 Å². The van der Waals surface area contributed by atoms with Gasteiger partial charge in [0, 0.05) is 0 Å². The van der Waals surface area contributed by atoms with Crippen LogP contribution in [0, 0.1) is 0 Å². The molecule has 0 unspecified atom stereocenters. The first-order valence-electron chi connectivity index (χ1n) is 4.42. The molecule has 0 heterocycles. The molecule has 15 heavy (non-hydrogen) atoms. The lowest BCUT2D eigenvalue weighted by molar-refractivity contribution is -0.140. The lowest BCUT2D eigenvalue weighted by atomic mass is 10.0. The van der Waals surface area contributed by atoms with Gasteiger partial charge in [0.25, 0.3) is 0 Å². The van der Waals surface area contributed by atoms with Gasteiger partial charge in [0.1, 0.15) is 12.1 Å². The fourth-order valence-corrected chi connectivity index (χ4v) is 0.954. The molecule has 6 N–H and O–H groups in total. The summed E-state index contributed by atoms with van der Waals surface area (Å²) in [6.45, 7) is 1.75. The van der Waals surface area contributed by atoms with Gasteiger partial charge in [-0.15, -0.1) is 0 Å². The van der Waals surface area contributed by atoms with E-state index in [0.29, 0.717) is 5.57 Å². The number of hydrogen-bond donors (Lipinski definition) is 4. The molecule has 0 fully saturated rings. The quantitative estimate of drug-likeness (QED) is 0.469. The third-order valence-corrected chi connectivity index (χ3v) is 1.73. The Morgan fingerprint density at radius 1 is 1.47 bits per heavy atom. The summed E-state index contributed by atoms with van der Waals surface area (Å²) in [4.78, 5) is 10.5. The predicted octanol–water partition coefficient (Wildman–Crippen LogP) is -0.266. The van der Waals surface area contributed by atoms with Crippen LogP contribution in [-0.4, -0.2) is 28.3 Å². The van der Waals surface area contributed by atoms with Gasteiger partial charge >= 0.3 is 5.97 Å². The molecule has 2 atom stereocenters. The summed E-state index contributed by atoms with van der Waals surface area (Å²) in [6, 6.07) is -1.35. The predicted molar refractivity (Wildman–Crippen MR) is 57.8 cm³/mol. The summed E-state index contributed by atoms with van der Waals surface area (Å²) >= 11 is 0. The van der Waals surface area contributed by atoms with Gasteiger partial charge in [-0.3, -0.25) is 4.79 Å². The van der Waals surface area contributed by atoms with E-state index in [1.165, 1.54) is 18.4 Å². The minimum absolute atomic E-state index is 0.397. The highest BCUT2D eigenvalue weighted by molar-refractivity contribution is 5.74. The van der Waals surface area contributed by atoms with Crippen LogP contribution < -0.4 is 11.5 Å². The third-order valence-electron chi connectivity index (χ3n) is 1.73. The largest absolute Gasteiger partial charge is 0.480 e. The van der Waals surface area contributed by atoms with E-state index >= 15 is 0 Å². The topological polar surface area (TPSA) is 110 Å². The van der Waals surface area contributed by atoms with Crippen LogP contribution in [0.5, 0.6) is 0 Å². The SMILES string of the molecule is C\C=C/C(=C\C=C\N)[C@@H](O)[C@H](N)C(=O)O. The molecule has 0 aliphatic heterocycles. The van der Waals surface area contributed by atoms with E-state index in [9.17, 15) is 9.90 Å². The van der Waals surface area contributed by atoms with E-state index < -0.39 is 18.1 Å².